The van der Waals surface area contributed by atoms with E-state index < -0.39 is 0 Å². The first-order valence-electron chi connectivity index (χ1n) is 14.6. The third kappa shape index (κ3) is 3.94. The van der Waals surface area contributed by atoms with Crippen LogP contribution in [-0.2, 0) is 0 Å². The number of hydrogen-bond acceptors (Lipinski definition) is 5. The Hall–Kier alpha value is -6.82. The Kier molecular flexibility index (Phi) is 5.90. The summed E-state index contributed by atoms with van der Waals surface area (Å²) in [7, 11) is 0. The third-order valence-electron chi connectivity index (χ3n) is 8.40. The summed E-state index contributed by atoms with van der Waals surface area (Å²) in [6.07, 6.45) is 0. The highest BCUT2D eigenvalue weighted by atomic mass is 15.0. The van der Waals surface area contributed by atoms with Crippen molar-refractivity contribution in [2.75, 3.05) is 0 Å². The first-order valence-corrected chi connectivity index (χ1v) is 14.6. The number of fused-ring (bicyclic) bond motifs is 6. The molecule has 0 amide bonds. The summed E-state index contributed by atoms with van der Waals surface area (Å²) in [4.78, 5) is 17.5. The van der Waals surface area contributed by atoms with E-state index >= 15 is 0 Å². The lowest BCUT2D eigenvalue weighted by Crippen LogP contribution is -2.07. The van der Waals surface area contributed by atoms with Crippen LogP contribution in [0.4, 0.5) is 5.69 Å². The van der Waals surface area contributed by atoms with E-state index in [0.717, 1.165) is 43.6 Å². The fourth-order valence-electron chi connectivity index (χ4n) is 6.54. The van der Waals surface area contributed by atoms with Gasteiger partial charge in [0.1, 0.15) is 23.3 Å². The molecule has 0 saturated carbocycles. The van der Waals surface area contributed by atoms with Gasteiger partial charge in [0.2, 0.25) is 0 Å². The number of rotatable bonds is 3. The Balaban J connectivity index is 1.59. The molecule has 8 rings (SSSR count). The van der Waals surface area contributed by atoms with E-state index in [1.165, 1.54) is 0 Å². The lowest BCUT2D eigenvalue weighted by Gasteiger charge is -2.18. The van der Waals surface area contributed by atoms with Crippen molar-refractivity contribution in [3.63, 3.8) is 0 Å². The summed E-state index contributed by atoms with van der Waals surface area (Å²) in [5.41, 5.74) is 6.81. The molecular formula is C38H22N8. The monoisotopic (exact) mass is 590 g/mol. The summed E-state index contributed by atoms with van der Waals surface area (Å²) >= 11 is 0. The molecule has 3 aromatic heterocycles. The molecular weight excluding hydrogens is 568 g/mol. The normalized spacial score (nSPS) is 11.2. The fourth-order valence-corrected chi connectivity index (χ4v) is 6.54. The molecule has 0 bridgehead atoms. The Bertz CT molecular complexity index is 2530. The smallest absolute Gasteiger partial charge is 0.189 e. The molecule has 46 heavy (non-hydrogen) atoms. The average molecular weight is 591 g/mol. The number of benzene rings is 5. The highest BCUT2D eigenvalue weighted by Gasteiger charge is 2.23. The van der Waals surface area contributed by atoms with Gasteiger partial charge in [0, 0.05) is 32.6 Å². The number of aromatic nitrogens is 5. The molecule has 0 aliphatic carbocycles. The molecule has 0 saturated heterocycles. The topological polar surface area (TPSA) is 100 Å². The van der Waals surface area contributed by atoms with E-state index in [2.05, 4.69) is 43.2 Å². The molecule has 8 nitrogen and oxygen atoms in total. The van der Waals surface area contributed by atoms with Crippen LogP contribution in [-0.4, -0.2) is 24.1 Å². The van der Waals surface area contributed by atoms with Crippen LogP contribution in [0.2, 0.25) is 0 Å². The predicted molar refractivity (Wildman–Crippen MR) is 179 cm³/mol. The van der Waals surface area contributed by atoms with Gasteiger partial charge >= 0.3 is 0 Å². The van der Waals surface area contributed by atoms with Crippen LogP contribution in [0.15, 0.2) is 97.1 Å². The van der Waals surface area contributed by atoms with E-state index in [-0.39, 0.29) is 0 Å². The van der Waals surface area contributed by atoms with Crippen molar-refractivity contribution in [2.24, 2.45) is 0 Å². The lowest BCUT2D eigenvalue weighted by molar-refractivity contribution is 0.927. The molecule has 0 aliphatic heterocycles. The highest BCUT2D eigenvalue weighted by molar-refractivity contribution is 6.11. The predicted octanol–water partition coefficient (Wildman–Crippen LogP) is 8.64. The molecule has 8 aromatic rings. The van der Waals surface area contributed by atoms with E-state index in [4.69, 9.17) is 16.5 Å². The van der Waals surface area contributed by atoms with Gasteiger partial charge in [0.15, 0.2) is 11.5 Å². The summed E-state index contributed by atoms with van der Waals surface area (Å²) in [6, 6.07) is 36.1. The van der Waals surface area contributed by atoms with E-state index in [1.54, 1.807) is 0 Å². The minimum absolute atomic E-state index is 0.423. The van der Waals surface area contributed by atoms with Gasteiger partial charge in [0.05, 0.1) is 46.1 Å². The molecule has 0 radical (unpaired) electrons. The second kappa shape index (κ2) is 10.1. The zero-order chi connectivity index (χ0) is 31.5. The first kappa shape index (κ1) is 26.8. The number of hydrogen-bond donors (Lipinski definition) is 0. The summed E-state index contributed by atoms with van der Waals surface area (Å²) in [5, 5.41) is 24.8. The fraction of sp³-hybridized carbons (Fsp3) is 0.0526. The molecule has 214 valence electrons. The Morgan fingerprint density at radius 3 is 1.72 bits per heavy atom. The van der Waals surface area contributed by atoms with Gasteiger partial charge in [-0.3, -0.25) is 0 Å². The van der Waals surface area contributed by atoms with Crippen molar-refractivity contribution >= 4 is 49.3 Å². The largest absolute Gasteiger partial charge is 0.309 e. The first-order chi connectivity index (χ1) is 22.5. The minimum Gasteiger partial charge on any atom is -0.309 e. The van der Waals surface area contributed by atoms with Gasteiger partial charge < -0.3 is 9.13 Å². The van der Waals surface area contributed by atoms with Crippen LogP contribution >= 0.6 is 0 Å². The van der Waals surface area contributed by atoms with Crippen LogP contribution in [0.25, 0.3) is 71.2 Å². The number of para-hydroxylation sites is 2. The molecule has 0 unspecified atom stereocenters. The zero-order valence-electron chi connectivity index (χ0n) is 24.8. The molecule has 0 fully saturated rings. The second-order valence-corrected chi connectivity index (χ2v) is 11.1. The maximum Gasteiger partial charge on any atom is 0.189 e. The second-order valence-electron chi connectivity index (χ2n) is 11.1. The molecule has 0 N–H and O–H groups in total. The standard InChI is InChI=1S/C38H22N8/c1-22-42-23(2)44-38(43-22)25-17-35(45-32-10-6-4-8-27(32)29-14-12-24(20-39)16-34(29)45)31(21-40)36(18-25)46-33-11-7-5-9-28(33)30-15-13-26(41-3)19-37(30)46/h4-19H,1-2H3. The number of aryl methyl sites for hydroxylation is 2. The maximum atomic E-state index is 11.0. The summed E-state index contributed by atoms with van der Waals surface area (Å²) < 4.78 is 4.11. The average Bonchev–Trinajstić information content (AvgIpc) is 3.59. The van der Waals surface area contributed by atoms with Crippen molar-refractivity contribution in [1.82, 2.24) is 24.1 Å². The van der Waals surface area contributed by atoms with Crippen LogP contribution in [0.5, 0.6) is 0 Å². The number of nitrogens with zero attached hydrogens (tertiary/aromatic N) is 8. The van der Waals surface area contributed by atoms with Crippen LogP contribution in [0.1, 0.15) is 22.8 Å². The van der Waals surface area contributed by atoms with Crippen molar-refractivity contribution in [1.29, 1.82) is 10.5 Å². The van der Waals surface area contributed by atoms with Gasteiger partial charge in [-0.25, -0.2) is 19.8 Å². The van der Waals surface area contributed by atoms with Gasteiger partial charge in [-0.05, 0) is 56.3 Å². The van der Waals surface area contributed by atoms with E-state index in [1.807, 2.05) is 98.8 Å². The van der Waals surface area contributed by atoms with Crippen LogP contribution < -0.4 is 0 Å². The molecule has 8 heteroatoms. The van der Waals surface area contributed by atoms with Crippen molar-refractivity contribution in [2.45, 2.75) is 13.8 Å². The lowest BCUT2D eigenvalue weighted by atomic mass is 10.0. The summed E-state index contributed by atoms with van der Waals surface area (Å²) in [5.74, 6) is 1.66. The van der Waals surface area contributed by atoms with Crippen LogP contribution in [0, 0.1) is 43.1 Å². The van der Waals surface area contributed by atoms with Gasteiger partial charge in [-0.2, -0.15) is 10.5 Å². The van der Waals surface area contributed by atoms with E-state index in [9.17, 15) is 10.5 Å². The zero-order valence-corrected chi connectivity index (χ0v) is 24.8. The molecule has 0 atom stereocenters. The third-order valence-corrected chi connectivity index (χ3v) is 8.40. The minimum atomic E-state index is 0.423. The van der Waals surface area contributed by atoms with Crippen molar-refractivity contribution in [3.05, 3.63) is 131 Å². The van der Waals surface area contributed by atoms with Crippen molar-refractivity contribution in [3.8, 4) is 34.9 Å². The quantitative estimate of drug-likeness (QED) is 0.192. The molecule has 0 aliphatic rings. The molecule has 3 heterocycles. The van der Waals surface area contributed by atoms with Gasteiger partial charge in [0.25, 0.3) is 0 Å². The summed E-state index contributed by atoms with van der Waals surface area (Å²) in [6.45, 7) is 11.4. The molecule has 5 aromatic carbocycles. The Morgan fingerprint density at radius 2 is 1.15 bits per heavy atom. The molecule has 0 spiro atoms. The highest BCUT2D eigenvalue weighted by Crippen LogP contribution is 2.40. The van der Waals surface area contributed by atoms with Gasteiger partial charge in [-0.1, -0.05) is 54.6 Å². The van der Waals surface area contributed by atoms with Gasteiger partial charge in [-0.15, -0.1) is 0 Å². The number of nitriles is 2. The van der Waals surface area contributed by atoms with Crippen molar-refractivity contribution < 1.29 is 0 Å². The Morgan fingerprint density at radius 1 is 0.609 bits per heavy atom. The SMILES string of the molecule is [C-]#[N+]c1ccc2c3ccccc3n(-c3cc(-c4nc(C)nc(C)n4)cc(-n4c5ccccc5c5ccc(C#N)cc54)c3C#N)c2c1. The van der Waals surface area contributed by atoms with Crippen LogP contribution in [0.3, 0.4) is 0 Å². The maximum absolute atomic E-state index is 11.0. The Labute approximate surface area is 263 Å². The van der Waals surface area contributed by atoms with E-state index in [0.29, 0.717) is 51.2 Å².